The Kier molecular flexibility index (Phi) is 7.76. The summed E-state index contributed by atoms with van der Waals surface area (Å²) in [6.45, 7) is 3.95. The number of halogens is 1. The molecule has 0 bridgehead atoms. The molecule has 1 fully saturated rings. The summed E-state index contributed by atoms with van der Waals surface area (Å²) in [5, 5.41) is 4.00. The van der Waals surface area contributed by atoms with E-state index >= 15 is 0 Å². The van der Waals surface area contributed by atoms with Crippen LogP contribution in [-0.4, -0.2) is 62.5 Å². The van der Waals surface area contributed by atoms with Crippen LogP contribution in [0.15, 0.2) is 63.0 Å². The molecule has 160 valence electrons. The van der Waals surface area contributed by atoms with Gasteiger partial charge in [-0.2, -0.15) is 9.41 Å². The number of aryl methyl sites for hydroxylation is 1. The van der Waals surface area contributed by atoms with Gasteiger partial charge in [0, 0.05) is 30.7 Å². The Morgan fingerprint density at radius 3 is 2.30 bits per heavy atom. The average molecular weight is 493 g/mol. The van der Waals surface area contributed by atoms with Crippen molar-refractivity contribution in [2.24, 2.45) is 5.10 Å². The van der Waals surface area contributed by atoms with Gasteiger partial charge < -0.3 is 0 Å². The topological polar surface area (TPSA) is 82.1 Å². The van der Waals surface area contributed by atoms with E-state index in [1.165, 1.54) is 9.87 Å². The smallest absolute Gasteiger partial charge is 0.254 e. The fraction of sp³-hybridized carbons (Fsp3) is 0.333. The van der Waals surface area contributed by atoms with Crippen molar-refractivity contribution in [1.29, 1.82) is 0 Å². The second kappa shape index (κ2) is 10.3. The van der Waals surface area contributed by atoms with Crippen LogP contribution in [0.2, 0.25) is 0 Å². The first-order valence-electron chi connectivity index (χ1n) is 9.77. The molecule has 3 rings (SSSR count). The molecular weight excluding hydrogens is 468 g/mol. The molecule has 30 heavy (non-hydrogen) atoms. The van der Waals surface area contributed by atoms with Crippen molar-refractivity contribution in [3.63, 3.8) is 0 Å². The number of hydrazone groups is 1. The molecule has 0 spiro atoms. The summed E-state index contributed by atoms with van der Waals surface area (Å²) in [4.78, 5) is 14.3. The highest BCUT2D eigenvalue weighted by atomic mass is 79.9. The van der Waals surface area contributed by atoms with Gasteiger partial charge in [-0.05, 0) is 41.8 Å². The van der Waals surface area contributed by atoms with Crippen molar-refractivity contribution in [2.75, 3.05) is 32.7 Å². The molecule has 2 aromatic rings. The molecule has 1 N–H and O–H groups in total. The normalized spacial score (nSPS) is 16.1. The SMILES string of the molecule is CCc1ccc(C=NNC(=O)CN2CCN(S(=O)(=O)c3ccc(Br)cc3)CC2)cc1. The van der Waals surface area contributed by atoms with Gasteiger partial charge in [0.1, 0.15) is 0 Å². The third kappa shape index (κ3) is 5.98. The summed E-state index contributed by atoms with van der Waals surface area (Å²) < 4.78 is 27.8. The Bertz CT molecular complexity index is 984. The Morgan fingerprint density at radius 2 is 1.70 bits per heavy atom. The molecule has 1 aliphatic rings. The monoisotopic (exact) mass is 492 g/mol. The number of rotatable bonds is 7. The maximum Gasteiger partial charge on any atom is 0.254 e. The largest absolute Gasteiger partial charge is 0.292 e. The molecule has 2 aromatic carbocycles. The first kappa shape index (κ1) is 22.6. The van der Waals surface area contributed by atoms with Crippen molar-refractivity contribution in [2.45, 2.75) is 18.2 Å². The van der Waals surface area contributed by atoms with Crippen LogP contribution < -0.4 is 5.43 Å². The molecule has 0 radical (unpaired) electrons. The zero-order valence-corrected chi connectivity index (χ0v) is 19.2. The quantitative estimate of drug-likeness (QED) is 0.475. The molecule has 7 nitrogen and oxygen atoms in total. The highest BCUT2D eigenvalue weighted by molar-refractivity contribution is 9.10. The Balaban J connectivity index is 1.46. The maximum atomic E-state index is 12.7. The second-order valence-corrected chi connectivity index (χ2v) is 9.88. The molecule has 1 heterocycles. The molecule has 0 atom stereocenters. The molecule has 0 saturated carbocycles. The lowest BCUT2D eigenvalue weighted by Crippen LogP contribution is -2.50. The lowest BCUT2D eigenvalue weighted by atomic mass is 10.1. The van der Waals surface area contributed by atoms with E-state index in [9.17, 15) is 13.2 Å². The summed E-state index contributed by atoms with van der Waals surface area (Å²) in [6, 6.07) is 14.6. The average Bonchev–Trinajstić information content (AvgIpc) is 2.75. The molecule has 9 heteroatoms. The highest BCUT2D eigenvalue weighted by Crippen LogP contribution is 2.20. The van der Waals surface area contributed by atoms with Crippen LogP contribution in [-0.2, 0) is 21.2 Å². The van der Waals surface area contributed by atoms with E-state index in [0.717, 1.165) is 16.5 Å². The molecule has 1 aliphatic heterocycles. The maximum absolute atomic E-state index is 12.7. The highest BCUT2D eigenvalue weighted by Gasteiger charge is 2.28. The number of carbonyl (C=O) groups excluding carboxylic acids is 1. The Morgan fingerprint density at radius 1 is 1.07 bits per heavy atom. The van der Waals surface area contributed by atoms with Crippen molar-refractivity contribution in [3.05, 3.63) is 64.1 Å². The minimum absolute atomic E-state index is 0.179. The van der Waals surface area contributed by atoms with E-state index < -0.39 is 10.0 Å². The zero-order chi connectivity index (χ0) is 21.6. The van der Waals surface area contributed by atoms with Gasteiger partial charge >= 0.3 is 0 Å². The lowest BCUT2D eigenvalue weighted by Gasteiger charge is -2.33. The van der Waals surface area contributed by atoms with Crippen LogP contribution in [0.25, 0.3) is 0 Å². The second-order valence-electron chi connectivity index (χ2n) is 7.02. The van der Waals surface area contributed by atoms with Crippen molar-refractivity contribution >= 4 is 38.1 Å². The van der Waals surface area contributed by atoms with Crippen molar-refractivity contribution in [1.82, 2.24) is 14.6 Å². The number of hydrogen-bond acceptors (Lipinski definition) is 5. The van der Waals surface area contributed by atoms with Gasteiger partial charge in [-0.3, -0.25) is 9.69 Å². The number of benzene rings is 2. The number of nitrogens with zero attached hydrogens (tertiary/aromatic N) is 3. The van der Waals surface area contributed by atoms with Gasteiger partial charge in [0.25, 0.3) is 5.91 Å². The van der Waals surface area contributed by atoms with Gasteiger partial charge in [-0.1, -0.05) is 47.1 Å². The molecule has 0 aliphatic carbocycles. The number of piperazine rings is 1. The van der Waals surface area contributed by atoms with Crippen LogP contribution in [0.1, 0.15) is 18.1 Å². The van der Waals surface area contributed by atoms with E-state index in [4.69, 9.17) is 0 Å². The molecule has 1 saturated heterocycles. The van der Waals surface area contributed by atoms with E-state index in [1.54, 1.807) is 30.5 Å². The predicted octanol–water partition coefficient (Wildman–Crippen LogP) is 2.47. The predicted molar refractivity (Wildman–Crippen MR) is 121 cm³/mol. The molecule has 0 unspecified atom stereocenters. The van der Waals surface area contributed by atoms with Crippen LogP contribution in [0, 0.1) is 0 Å². The standard InChI is InChI=1S/C21H25BrN4O3S/c1-2-17-3-5-18(6-4-17)15-23-24-21(27)16-25-11-13-26(14-12-25)30(28,29)20-9-7-19(22)8-10-20/h3-10,15H,2,11-14,16H2,1H3,(H,24,27). The number of sulfonamides is 1. The summed E-state index contributed by atoms with van der Waals surface area (Å²) in [5.74, 6) is -0.222. The van der Waals surface area contributed by atoms with Gasteiger partial charge in [-0.25, -0.2) is 13.8 Å². The fourth-order valence-electron chi connectivity index (χ4n) is 3.14. The Labute approximate surface area is 185 Å². The van der Waals surface area contributed by atoms with Gasteiger partial charge in [0.2, 0.25) is 10.0 Å². The van der Waals surface area contributed by atoms with E-state index in [-0.39, 0.29) is 17.3 Å². The first-order chi connectivity index (χ1) is 14.4. The summed E-state index contributed by atoms with van der Waals surface area (Å²) in [7, 11) is -3.52. The van der Waals surface area contributed by atoms with Crippen molar-refractivity contribution in [3.8, 4) is 0 Å². The van der Waals surface area contributed by atoms with Crippen LogP contribution in [0.4, 0.5) is 0 Å². The number of amides is 1. The molecule has 0 aromatic heterocycles. The molecule has 1 amide bonds. The van der Waals surface area contributed by atoms with Crippen LogP contribution >= 0.6 is 15.9 Å². The van der Waals surface area contributed by atoms with Crippen molar-refractivity contribution < 1.29 is 13.2 Å². The summed E-state index contributed by atoms with van der Waals surface area (Å²) >= 11 is 3.31. The van der Waals surface area contributed by atoms with Gasteiger partial charge in [-0.15, -0.1) is 0 Å². The zero-order valence-electron chi connectivity index (χ0n) is 16.8. The fourth-order valence-corrected chi connectivity index (χ4v) is 4.83. The van der Waals surface area contributed by atoms with Crippen LogP contribution in [0.3, 0.4) is 0 Å². The minimum Gasteiger partial charge on any atom is -0.292 e. The Hall–Kier alpha value is -2.07. The third-order valence-electron chi connectivity index (χ3n) is 4.94. The van der Waals surface area contributed by atoms with Gasteiger partial charge in [0.15, 0.2) is 0 Å². The third-order valence-corrected chi connectivity index (χ3v) is 7.38. The number of nitrogens with one attached hydrogen (secondary N) is 1. The summed E-state index contributed by atoms with van der Waals surface area (Å²) in [5.41, 5.74) is 4.70. The minimum atomic E-state index is -3.52. The number of carbonyl (C=O) groups is 1. The number of hydrogen-bond donors (Lipinski definition) is 1. The summed E-state index contributed by atoms with van der Waals surface area (Å²) in [6.07, 6.45) is 2.59. The van der Waals surface area contributed by atoms with E-state index in [2.05, 4.69) is 33.4 Å². The van der Waals surface area contributed by atoms with E-state index in [0.29, 0.717) is 26.2 Å². The lowest BCUT2D eigenvalue weighted by molar-refractivity contribution is -0.122. The van der Waals surface area contributed by atoms with Gasteiger partial charge in [0.05, 0.1) is 17.7 Å². The molecular formula is C21H25BrN4O3S. The van der Waals surface area contributed by atoms with Crippen LogP contribution in [0.5, 0.6) is 0 Å². The first-order valence-corrected chi connectivity index (χ1v) is 12.0. The van der Waals surface area contributed by atoms with E-state index in [1.807, 2.05) is 29.2 Å².